The Labute approximate surface area is 180 Å². The minimum absolute atomic E-state index is 0.271. The third-order valence-corrected chi connectivity index (χ3v) is 6.27. The van der Waals surface area contributed by atoms with Crippen LogP contribution in [0.2, 0.25) is 0 Å². The molecular weight excluding hydrogens is 388 g/mol. The SMILES string of the molecule is N=CC(=CN)c1cccc(C(=O)Nc2cc3cn(C4CCCC4)nc3cc2C2CC2)n1. The van der Waals surface area contributed by atoms with Crippen LogP contribution in [0.5, 0.6) is 0 Å². The summed E-state index contributed by atoms with van der Waals surface area (Å²) in [7, 11) is 0. The molecule has 0 radical (unpaired) electrons. The Balaban J connectivity index is 1.46. The van der Waals surface area contributed by atoms with E-state index in [1.807, 2.05) is 6.07 Å². The topological polar surface area (TPSA) is 110 Å². The van der Waals surface area contributed by atoms with Crippen molar-refractivity contribution in [2.45, 2.75) is 50.5 Å². The van der Waals surface area contributed by atoms with E-state index in [2.05, 4.69) is 27.2 Å². The third-order valence-electron chi connectivity index (χ3n) is 6.27. The lowest BCUT2D eigenvalue weighted by atomic mass is 10.1. The van der Waals surface area contributed by atoms with Gasteiger partial charge in [-0.3, -0.25) is 9.48 Å². The zero-order chi connectivity index (χ0) is 21.4. The average Bonchev–Trinajstić information content (AvgIpc) is 3.31. The predicted molar refractivity (Wildman–Crippen MR) is 122 cm³/mol. The molecule has 7 nitrogen and oxygen atoms in total. The van der Waals surface area contributed by atoms with E-state index in [1.165, 1.54) is 31.9 Å². The molecule has 2 heterocycles. The van der Waals surface area contributed by atoms with Crippen molar-refractivity contribution in [2.75, 3.05) is 5.32 Å². The number of aromatic nitrogens is 3. The lowest BCUT2D eigenvalue weighted by molar-refractivity contribution is 0.102. The molecule has 0 aliphatic heterocycles. The summed E-state index contributed by atoms with van der Waals surface area (Å²) in [4.78, 5) is 17.4. The molecule has 4 N–H and O–H groups in total. The smallest absolute Gasteiger partial charge is 0.274 e. The number of hydrogen-bond donors (Lipinski definition) is 3. The van der Waals surface area contributed by atoms with Crippen molar-refractivity contribution in [3.05, 3.63) is 59.7 Å². The van der Waals surface area contributed by atoms with Crippen molar-refractivity contribution in [1.82, 2.24) is 14.8 Å². The second-order valence-electron chi connectivity index (χ2n) is 8.45. The summed E-state index contributed by atoms with van der Waals surface area (Å²) in [5.41, 5.74) is 9.80. The number of carbonyl (C=O) groups excluding carboxylic acids is 1. The van der Waals surface area contributed by atoms with E-state index in [0.717, 1.165) is 41.2 Å². The molecule has 0 spiro atoms. The molecule has 2 saturated carbocycles. The summed E-state index contributed by atoms with van der Waals surface area (Å²) < 4.78 is 2.11. The number of amides is 1. The number of fused-ring (bicyclic) bond motifs is 1. The summed E-state index contributed by atoms with van der Waals surface area (Å²) in [6.45, 7) is 0. The highest BCUT2D eigenvalue weighted by molar-refractivity contribution is 6.08. The van der Waals surface area contributed by atoms with E-state index in [-0.39, 0.29) is 5.91 Å². The second-order valence-corrected chi connectivity index (χ2v) is 8.45. The van der Waals surface area contributed by atoms with Gasteiger partial charge in [0.25, 0.3) is 5.91 Å². The monoisotopic (exact) mass is 414 g/mol. The van der Waals surface area contributed by atoms with Crippen LogP contribution < -0.4 is 11.1 Å². The van der Waals surface area contributed by atoms with E-state index < -0.39 is 0 Å². The fraction of sp³-hybridized carbons (Fsp3) is 0.333. The minimum Gasteiger partial charge on any atom is -0.404 e. The van der Waals surface area contributed by atoms with Gasteiger partial charge in [0.2, 0.25) is 0 Å². The van der Waals surface area contributed by atoms with Crippen LogP contribution in [-0.4, -0.2) is 26.9 Å². The Kier molecular flexibility index (Phi) is 5.02. The molecule has 0 saturated heterocycles. The zero-order valence-electron chi connectivity index (χ0n) is 17.3. The van der Waals surface area contributed by atoms with Crippen molar-refractivity contribution in [2.24, 2.45) is 5.73 Å². The number of pyridine rings is 1. The number of nitrogens with one attached hydrogen (secondary N) is 2. The van der Waals surface area contributed by atoms with Crippen LogP contribution in [0.4, 0.5) is 5.69 Å². The van der Waals surface area contributed by atoms with Crippen LogP contribution in [0.25, 0.3) is 16.5 Å². The maximum absolute atomic E-state index is 13.0. The molecular formula is C24H26N6O. The van der Waals surface area contributed by atoms with Crippen molar-refractivity contribution in [3.8, 4) is 0 Å². The summed E-state index contributed by atoms with van der Waals surface area (Å²) in [6.07, 6.45) is 11.7. The number of anilines is 1. The van der Waals surface area contributed by atoms with E-state index >= 15 is 0 Å². The first-order valence-electron chi connectivity index (χ1n) is 10.9. The highest BCUT2D eigenvalue weighted by atomic mass is 16.1. The summed E-state index contributed by atoms with van der Waals surface area (Å²) in [5.74, 6) is 0.202. The Morgan fingerprint density at radius 1 is 1.16 bits per heavy atom. The van der Waals surface area contributed by atoms with Gasteiger partial charge in [-0.25, -0.2) is 4.98 Å². The summed E-state index contributed by atoms with van der Waals surface area (Å²) in [5, 5.41) is 16.4. The molecule has 0 atom stereocenters. The molecule has 5 rings (SSSR count). The summed E-state index contributed by atoms with van der Waals surface area (Å²) >= 11 is 0. The van der Waals surface area contributed by atoms with Gasteiger partial charge in [-0.2, -0.15) is 5.10 Å². The minimum atomic E-state index is -0.271. The number of allylic oxidation sites excluding steroid dienone is 1. The number of nitrogens with two attached hydrogens (primary N) is 1. The quantitative estimate of drug-likeness (QED) is 0.511. The molecule has 3 aromatic rings. The molecule has 0 bridgehead atoms. The molecule has 0 unspecified atom stereocenters. The molecule has 2 aliphatic rings. The number of benzene rings is 1. The fourth-order valence-electron chi connectivity index (χ4n) is 4.42. The number of nitrogens with zero attached hydrogens (tertiary/aromatic N) is 3. The predicted octanol–water partition coefficient (Wildman–Crippen LogP) is 4.63. The fourth-order valence-corrected chi connectivity index (χ4v) is 4.42. The maximum Gasteiger partial charge on any atom is 0.274 e. The van der Waals surface area contributed by atoms with Crippen LogP contribution in [0, 0.1) is 5.41 Å². The first-order chi connectivity index (χ1) is 15.2. The summed E-state index contributed by atoms with van der Waals surface area (Å²) in [6, 6.07) is 9.83. The van der Waals surface area contributed by atoms with Crippen LogP contribution in [0.1, 0.15) is 72.2 Å². The molecule has 7 heteroatoms. The van der Waals surface area contributed by atoms with Gasteiger partial charge in [-0.15, -0.1) is 0 Å². The number of hydrogen-bond acceptors (Lipinski definition) is 5. The Morgan fingerprint density at radius 3 is 2.65 bits per heavy atom. The van der Waals surface area contributed by atoms with Gasteiger partial charge in [-0.05, 0) is 61.4 Å². The van der Waals surface area contributed by atoms with Gasteiger partial charge in [0, 0.05) is 35.3 Å². The Morgan fingerprint density at radius 2 is 1.94 bits per heavy atom. The average molecular weight is 415 g/mol. The molecule has 2 aliphatic carbocycles. The van der Waals surface area contributed by atoms with Gasteiger partial charge in [-0.1, -0.05) is 18.9 Å². The zero-order valence-corrected chi connectivity index (χ0v) is 17.3. The number of carbonyl (C=O) groups is 1. The Hall–Kier alpha value is -3.48. The van der Waals surface area contributed by atoms with Gasteiger partial charge in [0.05, 0.1) is 17.3 Å². The van der Waals surface area contributed by atoms with Crippen LogP contribution >= 0.6 is 0 Å². The molecule has 2 fully saturated rings. The van der Waals surface area contributed by atoms with Gasteiger partial charge >= 0.3 is 0 Å². The lowest BCUT2D eigenvalue weighted by Crippen LogP contribution is -2.15. The highest BCUT2D eigenvalue weighted by Gasteiger charge is 2.28. The molecule has 158 valence electrons. The second kappa shape index (κ2) is 7.98. The van der Waals surface area contributed by atoms with Crippen molar-refractivity contribution in [3.63, 3.8) is 0 Å². The standard InChI is InChI=1S/C24H26N6O/c25-12-17(13-26)20-6-3-7-21(27-20)24(31)28-23-10-16-14-30(18-4-1-2-5-18)29-22(16)11-19(23)15-8-9-15/h3,6-7,10-15,18,25H,1-2,4-5,8-9,26H2,(H,28,31). The van der Waals surface area contributed by atoms with Crippen LogP contribution in [-0.2, 0) is 0 Å². The maximum atomic E-state index is 13.0. The normalized spacial score (nSPS) is 17.2. The molecule has 2 aromatic heterocycles. The van der Waals surface area contributed by atoms with Crippen LogP contribution in [0.3, 0.4) is 0 Å². The molecule has 1 amide bonds. The first kappa shape index (κ1) is 19.5. The van der Waals surface area contributed by atoms with E-state index in [4.69, 9.17) is 16.2 Å². The van der Waals surface area contributed by atoms with Crippen LogP contribution in [0.15, 0.2) is 42.7 Å². The first-order valence-corrected chi connectivity index (χ1v) is 10.9. The van der Waals surface area contributed by atoms with Crippen molar-refractivity contribution >= 4 is 34.3 Å². The molecule has 1 aromatic carbocycles. The van der Waals surface area contributed by atoms with E-state index in [9.17, 15) is 4.79 Å². The lowest BCUT2D eigenvalue weighted by Gasteiger charge is -2.11. The van der Waals surface area contributed by atoms with Gasteiger partial charge in [0.15, 0.2) is 0 Å². The molecule has 31 heavy (non-hydrogen) atoms. The largest absolute Gasteiger partial charge is 0.404 e. The number of rotatable bonds is 6. The third kappa shape index (κ3) is 3.83. The van der Waals surface area contributed by atoms with Gasteiger partial charge in [0.1, 0.15) is 5.69 Å². The highest BCUT2D eigenvalue weighted by Crippen LogP contribution is 2.45. The van der Waals surface area contributed by atoms with Crippen molar-refractivity contribution < 1.29 is 4.79 Å². The van der Waals surface area contributed by atoms with Crippen molar-refractivity contribution in [1.29, 1.82) is 5.41 Å². The van der Waals surface area contributed by atoms with E-state index in [0.29, 0.717) is 28.9 Å². The van der Waals surface area contributed by atoms with E-state index in [1.54, 1.807) is 18.2 Å². The Bertz CT molecular complexity index is 1180. The van der Waals surface area contributed by atoms with Gasteiger partial charge < -0.3 is 16.5 Å².